The van der Waals surface area contributed by atoms with Crippen molar-refractivity contribution in [1.82, 2.24) is 5.32 Å². The third-order valence-electron chi connectivity index (χ3n) is 2.87. The predicted octanol–water partition coefficient (Wildman–Crippen LogP) is 2.46. The molecule has 0 aliphatic heterocycles. The predicted molar refractivity (Wildman–Crippen MR) is 80.6 cm³/mol. The Morgan fingerprint density at radius 1 is 1.20 bits per heavy atom. The molecule has 1 unspecified atom stereocenters. The van der Waals surface area contributed by atoms with Crippen LogP contribution in [0.3, 0.4) is 0 Å². The Bertz CT molecular complexity index is 484. The van der Waals surface area contributed by atoms with E-state index in [-0.39, 0.29) is 0 Å². The van der Waals surface area contributed by atoms with Crippen LogP contribution in [-0.4, -0.2) is 31.9 Å². The van der Waals surface area contributed by atoms with Crippen LogP contribution in [0.15, 0.2) is 41.1 Å². The van der Waals surface area contributed by atoms with Gasteiger partial charge >= 0.3 is 0 Å². The second kappa shape index (κ2) is 7.89. The highest BCUT2D eigenvalue weighted by atomic mass is 32.1. The quantitative estimate of drug-likeness (QED) is 0.734. The number of methoxy groups -OCH3 is 1. The molecule has 1 aromatic carbocycles. The molecule has 0 saturated heterocycles. The number of benzene rings is 1. The number of rotatable bonds is 8. The minimum atomic E-state index is -0.456. The van der Waals surface area contributed by atoms with Crippen LogP contribution < -0.4 is 14.8 Å². The number of thiophene rings is 1. The van der Waals surface area contributed by atoms with Crippen molar-refractivity contribution in [1.29, 1.82) is 0 Å². The van der Waals surface area contributed by atoms with Crippen LogP contribution in [0.2, 0.25) is 0 Å². The Labute approximate surface area is 123 Å². The van der Waals surface area contributed by atoms with E-state index in [9.17, 15) is 5.11 Å². The van der Waals surface area contributed by atoms with E-state index in [1.54, 1.807) is 18.4 Å². The van der Waals surface area contributed by atoms with Gasteiger partial charge in [-0.05, 0) is 46.7 Å². The van der Waals surface area contributed by atoms with Gasteiger partial charge in [0.2, 0.25) is 0 Å². The molecule has 2 aromatic rings. The Kier molecular flexibility index (Phi) is 5.86. The summed E-state index contributed by atoms with van der Waals surface area (Å²) in [6.45, 7) is 1.78. The van der Waals surface area contributed by atoms with Crippen LogP contribution in [0.1, 0.15) is 11.7 Å². The fourth-order valence-electron chi connectivity index (χ4n) is 1.73. The van der Waals surface area contributed by atoms with Crippen molar-refractivity contribution in [2.24, 2.45) is 0 Å². The van der Waals surface area contributed by atoms with Gasteiger partial charge < -0.3 is 19.9 Å². The Morgan fingerprint density at radius 3 is 2.60 bits per heavy atom. The third-order valence-corrected chi connectivity index (χ3v) is 3.57. The van der Waals surface area contributed by atoms with Gasteiger partial charge in [-0.2, -0.15) is 11.3 Å². The monoisotopic (exact) mass is 293 g/mol. The zero-order valence-electron chi connectivity index (χ0n) is 11.4. The van der Waals surface area contributed by atoms with Crippen molar-refractivity contribution in [3.05, 3.63) is 46.7 Å². The summed E-state index contributed by atoms with van der Waals surface area (Å²) in [6, 6.07) is 9.41. The summed E-state index contributed by atoms with van der Waals surface area (Å²) in [5.74, 6) is 1.63. The Hall–Kier alpha value is -1.56. The SMILES string of the molecule is COc1ccc(OCCNCC(O)c2ccsc2)cc1. The molecule has 0 bridgehead atoms. The molecule has 0 saturated carbocycles. The van der Waals surface area contributed by atoms with Gasteiger partial charge in [-0.3, -0.25) is 0 Å². The van der Waals surface area contributed by atoms with E-state index in [1.807, 2.05) is 41.1 Å². The normalized spacial score (nSPS) is 12.1. The topological polar surface area (TPSA) is 50.7 Å². The summed E-state index contributed by atoms with van der Waals surface area (Å²) in [4.78, 5) is 0. The standard InChI is InChI=1S/C15H19NO3S/c1-18-13-2-4-14(5-3-13)19-8-7-16-10-15(17)12-6-9-20-11-12/h2-6,9,11,15-17H,7-8,10H2,1H3. The van der Waals surface area contributed by atoms with E-state index in [0.29, 0.717) is 19.7 Å². The zero-order chi connectivity index (χ0) is 14.2. The maximum absolute atomic E-state index is 9.87. The van der Waals surface area contributed by atoms with Gasteiger partial charge in [-0.1, -0.05) is 0 Å². The lowest BCUT2D eigenvalue weighted by Crippen LogP contribution is -2.26. The molecule has 108 valence electrons. The summed E-state index contributed by atoms with van der Waals surface area (Å²) in [6.07, 6.45) is -0.456. The molecule has 0 radical (unpaired) electrons. The van der Waals surface area contributed by atoms with E-state index >= 15 is 0 Å². The highest BCUT2D eigenvalue weighted by Gasteiger charge is 2.06. The molecule has 1 heterocycles. The van der Waals surface area contributed by atoms with Gasteiger partial charge in [0.1, 0.15) is 18.1 Å². The molecule has 4 nitrogen and oxygen atoms in total. The average Bonchev–Trinajstić information content (AvgIpc) is 3.01. The summed E-state index contributed by atoms with van der Waals surface area (Å²) >= 11 is 1.59. The first-order valence-electron chi connectivity index (χ1n) is 6.47. The number of ether oxygens (including phenoxy) is 2. The van der Waals surface area contributed by atoms with E-state index in [4.69, 9.17) is 9.47 Å². The first-order chi connectivity index (χ1) is 9.79. The van der Waals surface area contributed by atoms with Crippen molar-refractivity contribution < 1.29 is 14.6 Å². The van der Waals surface area contributed by atoms with Gasteiger partial charge in [0.05, 0.1) is 13.2 Å². The molecule has 20 heavy (non-hydrogen) atoms. The number of hydrogen-bond donors (Lipinski definition) is 2. The van der Waals surface area contributed by atoms with Crippen LogP contribution in [-0.2, 0) is 0 Å². The van der Waals surface area contributed by atoms with Crippen molar-refractivity contribution >= 4 is 11.3 Å². The van der Waals surface area contributed by atoms with Gasteiger partial charge in [0, 0.05) is 13.1 Å². The molecule has 0 aliphatic rings. The largest absolute Gasteiger partial charge is 0.497 e. The third kappa shape index (κ3) is 4.52. The maximum Gasteiger partial charge on any atom is 0.119 e. The Morgan fingerprint density at radius 2 is 1.95 bits per heavy atom. The number of nitrogens with one attached hydrogen (secondary N) is 1. The first-order valence-corrected chi connectivity index (χ1v) is 7.41. The smallest absolute Gasteiger partial charge is 0.119 e. The summed E-state index contributed by atoms with van der Waals surface area (Å²) < 4.78 is 10.7. The van der Waals surface area contributed by atoms with E-state index < -0.39 is 6.10 Å². The fourth-order valence-corrected chi connectivity index (χ4v) is 2.44. The lowest BCUT2D eigenvalue weighted by Gasteiger charge is -2.11. The molecule has 0 amide bonds. The molecule has 1 aromatic heterocycles. The lowest BCUT2D eigenvalue weighted by molar-refractivity contribution is 0.172. The molecule has 0 spiro atoms. The molecule has 0 aliphatic carbocycles. The number of hydrogen-bond acceptors (Lipinski definition) is 5. The lowest BCUT2D eigenvalue weighted by atomic mass is 10.2. The summed E-state index contributed by atoms with van der Waals surface area (Å²) in [5.41, 5.74) is 0.957. The van der Waals surface area contributed by atoms with E-state index in [1.165, 1.54) is 0 Å². The number of aliphatic hydroxyl groups is 1. The van der Waals surface area contributed by atoms with Crippen LogP contribution in [0.25, 0.3) is 0 Å². The van der Waals surface area contributed by atoms with E-state index in [2.05, 4.69) is 5.32 Å². The van der Waals surface area contributed by atoms with Crippen LogP contribution in [0.5, 0.6) is 11.5 Å². The molecule has 2 N–H and O–H groups in total. The maximum atomic E-state index is 9.87. The summed E-state index contributed by atoms with van der Waals surface area (Å²) in [5, 5.41) is 17.0. The van der Waals surface area contributed by atoms with Crippen LogP contribution in [0.4, 0.5) is 0 Å². The van der Waals surface area contributed by atoms with Crippen LogP contribution >= 0.6 is 11.3 Å². The molecule has 5 heteroatoms. The van der Waals surface area contributed by atoms with Crippen molar-refractivity contribution in [3.63, 3.8) is 0 Å². The molecule has 0 fully saturated rings. The second-order valence-electron chi connectivity index (χ2n) is 4.30. The van der Waals surface area contributed by atoms with Crippen LogP contribution in [0, 0.1) is 0 Å². The minimum Gasteiger partial charge on any atom is -0.497 e. The molecule has 1 atom stereocenters. The number of aliphatic hydroxyl groups excluding tert-OH is 1. The first kappa shape index (κ1) is 14.8. The summed E-state index contributed by atoms with van der Waals surface area (Å²) in [7, 11) is 1.64. The molecular weight excluding hydrogens is 274 g/mol. The molecular formula is C15H19NO3S. The van der Waals surface area contributed by atoms with Gasteiger partial charge in [-0.15, -0.1) is 0 Å². The van der Waals surface area contributed by atoms with E-state index in [0.717, 1.165) is 17.1 Å². The highest BCUT2D eigenvalue weighted by molar-refractivity contribution is 7.07. The van der Waals surface area contributed by atoms with Crippen molar-refractivity contribution in [2.45, 2.75) is 6.10 Å². The van der Waals surface area contributed by atoms with Gasteiger partial charge in [-0.25, -0.2) is 0 Å². The van der Waals surface area contributed by atoms with Gasteiger partial charge in [0.25, 0.3) is 0 Å². The zero-order valence-corrected chi connectivity index (χ0v) is 12.2. The Balaban J connectivity index is 1.61. The average molecular weight is 293 g/mol. The second-order valence-corrected chi connectivity index (χ2v) is 5.08. The molecule has 2 rings (SSSR count). The van der Waals surface area contributed by atoms with Crippen molar-refractivity contribution in [2.75, 3.05) is 26.8 Å². The fraction of sp³-hybridized carbons (Fsp3) is 0.333. The van der Waals surface area contributed by atoms with Crippen molar-refractivity contribution in [3.8, 4) is 11.5 Å². The minimum absolute atomic E-state index is 0.456. The highest BCUT2D eigenvalue weighted by Crippen LogP contribution is 2.17. The van der Waals surface area contributed by atoms with Gasteiger partial charge in [0.15, 0.2) is 0 Å².